The third-order valence-corrected chi connectivity index (χ3v) is 5.64. The Bertz CT molecular complexity index is 663. The maximum atomic E-state index is 14.7. The van der Waals surface area contributed by atoms with Crippen LogP contribution in [0.4, 0.5) is 4.39 Å². The van der Waals surface area contributed by atoms with Crippen molar-refractivity contribution in [2.45, 2.75) is 49.5 Å². The number of hydrogen-bond donors (Lipinski definition) is 0. The largest absolute Gasteiger partial charge is 0.468 e. The lowest BCUT2D eigenvalue weighted by Gasteiger charge is -2.48. The van der Waals surface area contributed by atoms with Crippen LogP contribution in [0, 0.1) is 23.1 Å². The first kappa shape index (κ1) is 16.9. The maximum absolute atomic E-state index is 14.7. The molecule has 0 aromatic heterocycles. The smallest absolute Gasteiger partial charge is 0.323 e. The van der Waals surface area contributed by atoms with Gasteiger partial charge in [-0.3, -0.25) is 4.79 Å². The number of methoxy groups -OCH3 is 1. The summed E-state index contributed by atoms with van der Waals surface area (Å²) in [6.45, 7) is 0.420. The van der Waals surface area contributed by atoms with E-state index in [0.717, 1.165) is 25.7 Å². The molecule has 2 fully saturated rings. The van der Waals surface area contributed by atoms with E-state index in [0.29, 0.717) is 25.0 Å². The van der Waals surface area contributed by atoms with Crippen LogP contribution in [-0.4, -0.2) is 25.3 Å². The predicted octanol–water partition coefficient (Wildman–Crippen LogP) is 3.50. The normalized spacial score (nSPS) is 26.7. The monoisotopic (exact) mass is 331 g/mol. The number of nitrogens with zero attached hydrogens (tertiary/aromatic N) is 1. The molecular formula is C19H22FNO3. The van der Waals surface area contributed by atoms with Crippen LogP contribution in [0.3, 0.4) is 0 Å². The zero-order valence-electron chi connectivity index (χ0n) is 13.9. The highest BCUT2D eigenvalue weighted by Crippen LogP contribution is 2.52. The van der Waals surface area contributed by atoms with E-state index < -0.39 is 17.3 Å². The first-order valence-corrected chi connectivity index (χ1v) is 8.43. The summed E-state index contributed by atoms with van der Waals surface area (Å²) >= 11 is 0. The second-order valence-electron chi connectivity index (χ2n) is 6.89. The zero-order chi connectivity index (χ0) is 17.2. The first-order valence-electron chi connectivity index (χ1n) is 8.43. The Balaban J connectivity index is 2.12. The number of carbonyl (C=O) groups is 1. The molecule has 2 unspecified atom stereocenters. The number of halogens is 1. The summed E-state index contributed by atoms with van der Waals surface area (Å²) in [5.74, 6) is -2.02. The van der Waals surface area contributed by atoms with Crippen LogP contribution < -0.4 is 0 Å². The molecule has 1 saturated heterocycles. The van der Waals surface area contributed by atoms with Gasteiger partial charge < -0.3 is 9.47 Å². The van der Waals surface area contributed by atoms with E-state index in [4.69, 9.17) is 9.47 Å². The number of rotatable bonds is 3. The molecule has 1 spiro atoms. The molecule has 0 bridgehead atoms. The Labute approximate surface area is 141 Å². The molecule has 1 aliphatic heterocycles. The minimum Gasteiger partial charge on any atom is -0.468 e. The first-order chi connectivity index (χ1) is 11.6. The molecule has 1 saturated carbocycles. The predicted molar refractivity (Wildman–Crippen MR) is 85.6 cm³/mol. The molecule has 5 heteroatoms. The summed E-state index contributed by atoms with van der Waals surface area (Å²) in [6.07, 6.45) is 4.81. The number of nitriles is 1. The lowest BCUT2D eigenvalue weighted by Crippen LogP contribution is -2.52. The van der Waals surface area contributed by atoms with Crippen LogP contribution in [-0.2, 0) is 19.7 Å². The molecule has 2 atom stereocenters. The summed E-state index contributed by atoms with van der Waals surface area (Å²) in [6, 6.07) is 8.55. The van der Waals surface area contributed by atoms with Gasteiger partial charge in [0.1, 0.15) is 5.82 Å². The molecule has 1 aromatic rings. The molecule has 1 heterocycles. The lowest BCUT2D eigenvalue weighted by atomic mass is 9.61. The van der Waals surface area contributed by atoms with E-state index >= 15 is 0 Å². The molecule has 2 aliphatic rings. The van der Waals surface area contributed by atoms with E-state index in [1.54, 1.807) is 18.2 Å². The van der Waals surface area contributed by atoms with Crippen molar-refractivity contribution in [3.05, 3.63) is 35.6 Å². The van der Waals surface area contributed by atoms with Crippen molar-refractivity contribution in [3.8, 4) is 6.07 Å². The topological polar surface area (TPSA) is 59.3 Å². The van der Waals surface area contributed by atoms with Crippen LogP contribution in [0.1, 0.15) is 44.1 Å². The van der Waals surface area contributed by atoms with Crippen molar-refractivity contribution in [1.82, 2.24) is 0 Å². The third-order valence-electron chi connectivity index (χ3n) is 5.64. The highest BCUT2D eigenvalue weighted by Gasteiger charge is 2.55. The number of carbonyl (C=O) groups excluding carboxylic acids is 1. The van der Waals surface area contributed by atoms with Gasteiger partial charge in [0, 0.05) is 12.0 Å². The van der Waals surface area contributed by atoms with E-state index in [9.17, 15) is 14.4 Å². The van der Waals surface area contributed by atoms with E-state index in [1.807, 2.05) is 0 Å². The van der Waals surface area contributed by atoms with Gasteiger partial charge in [-0.1, -0.05) is 31.0 Å². The van der Waals surface area contributed by atoms with Gasteiger partial charge >= 0.3 is 5.97 Å². The van der Waals surface area contributed by atoms with Crippen molar-refractivity contribution in [1.29, 1.82) is 5.26 Å². The summed E-state index contributed by atoms with van der Waals surface area (Å²) in [5, 5.41) is 9.71. The van der Waals surface area contributed by atoms with Gasteiger partial charge in [0.25, 0.3) is 0 Å². The number of benzene rings is 1. The number of esters is 1. The third kappa shape index (κ3) is 2.69. The highest BCUT2D eigenvalue weighted by molar-refractivity contribution is 5.77. The Morgan fingerprint density at radius 1 is 1.33 bits per heavy atom. The minimum absolute atomic E-state index is 0.357. The standard InChI is InChI=1S/C19H22FNO3/c1-23-17(22)15(12-21)19(14-6-2-3-7-16(14)20)10-11-24-18(13-19)8-4-5-9-18/h2-3,6-7,15H,4-5,8-11,13H2,1H3. The minimum atomic E-state index is -1.04. The average molecular weight is 331 g/mol. The van der Waals surface area contributed by atoms with Gasteiger partial charge in [0.2, 0.25) is 0 Å². The van der Waals surface area contributed by atoms with Crippen LogP contribution in [0.5, 0.6) is 0 Å². The van der Waals surface area contributed by atoms with Gasteiger partial charge in [0.05, 0.1) is 18.8 Å². The summed E-state index contributed by atoms with van der Waals surface area (Å²) in [4.78, 5) is 12.3. The Kier molecular flexibility index (Phi) is 4.60. The maximum Gasteiger partial charge on any atom is 0.323 e. The molecule has 24 heavy (non-hydrogen) atoms. The molecule has 1 aromatic carbocycles. The summed E-state index contributed by atoms with van der Waals surface area (Å²) < 4.78 is 25.6. The van der Waals surface area contributed by atoms with E-state index in [1.165, 1.54) is 13.2 Å². The summed E-state index contributed by atoms with van der Waals surface area (Å²) in [7, 11) is 1.27. The molecule has 0 amide bonds. The van der Waals surface area contributed by atoms with Crippen molar-refractivity contribution in [3.63, 3.8) is 0 Å². The fraction of sp³-hybridized carbons (Fsp3) is 0.579. The van der Waals surface area contributed by atoms with Crippen molar-refractivity contribution in [2.75, 3.05) is 13.7 Å². The van der Waals surface area contributed by atoms with Gasteiger partial charge in [-0.25, -0.2) is 4.39 Å². The number of ether oxygens (including phenoxy) is 2. The summed E-state index contributed by atoms with van der Waals surface area (Å²) in [5.41, 5.74) is -0.837. The second-order valence-corrected chi connectivity index (χ2v) is 6.89. The second kappa shape index (κ2) is 6.52. The fourth-order valence-electron chi connectivity index (χ4n) is 4.52. The molecule has 128 valence electrons. The van der Waals surface area contributed by atoms with E-state index in [2.05, 4.69) is 6.07 Å². The van der Waals surface area contributed by atoms with Crippen LogP contribution in [0.15, 0.2) is 24.3 Å². The van der Waals surface area contributed by atoms with E-state index in [-0.39, 0.29) is 11.4 Å². The van der Waals surface area contributed by atoms with Gasteiger partial charge in [-0.05, 0) is 37.3 Å². The van der Waals surface area contributed by atoms with Crippen molar-refractivity contribution < 1.29 is 18.7 Å². The van der Waals surface area contributed by atoms with Crippen molar-refractivity contribution in [2.24, 2.45) is 5.92 Å². The number of hydrogen-bond acceptors (Lipinski definition) is 4. The molecule has 0 radical (unpaired) electrons. The van der Waals surface area contributed by atoms with Crippen LogP contribution in [0.2, 0.25) is 0 Å². The molecule has 0 N–H and O–H groups in total. The van der Waals surface area contributed by atoms with Gasteiger partial charge in [-0.15, -0.1) is 0 Å². The molecule has 3 rings (SSSR count). The van der Waals surface area contributed by atoms with Crippen LogP contribution in [0.25, 0.3) is 0 Å². The SMILES string of the molecule is COC(=O)C(C#N)C1(c2ccccc2F)CCOC2(CCCC2)C1. The zero-order valence-corrected chi connectivity index (χ0v) is 13.9. The van der Waals surface area contributed by atoms with Gasteiger partial charge in [0.15, 0.2) is 5.92 Å². The Morgan fingerprint density at radius 3 is 2.67 bits per heavy atom. The van der Waals surface area contributed by atoms with Crippen LogP contribution >= 0.6 is 0 Å². The highest BCUT2D eigenvalue weighted by atomic mass is 19.1. The molecule has 4 nitrogen and oxygen atoms in total. The average Bonchev–Trinajstić information content (AvgIpc) is 3.03. The van der Waals surface area contributed by atoms with Crippen molar-refractivity contribution >= 4 is 5.97 Å². The lowest BCUT2D eigenvalue weighted by molar-refractivity contribution is -0.152. The molecule has 1 aliphatic carbocycles. The Hall–Kier alpha value is -1.93. The molecular weight excluding hydrogens is 309 g/mol. The fourth-order valence-corrected chi connectivity index (χ4v) is 4.52. The Morgan fingerprint density at radius 2 is 2.04 bits per heavy atom. The van der Waals surface area contributed by atoms with Gasteiger partial charge in [-0.2, -0.15) is 5.26 Å². The quantitative estimate of drug-likeness (QED) is 0.796.